The van der Waals surface area contributed by atoms with E-state index < -0.39 is 52.2 Å². The third kappa shape index (κ3) is 3.71. The molecule has 0 atom stereocenters. The van der Waals surface area contributed by atoms with Crippen molar-refractivity contribution in [2.45, 2.75) is 19.9 Å². The average molecular weight is 301 g/mol. The van der Waals surface area contributed by atoms with Gasteiger partial charge in [0.1, 0.15) is 5.82 Å². The molecular formula is C12H13F2N3O4. The van der Waals surface area contributed by atoms with Gasteiger partial charge in [-0.2, -0.15) is 4.39 Å². The largest absolute Gasteiger partial charge is 0.368 e. The van der Waals surface area contributed by atoms with Crippen molar-refractivity contribution in [2.24, 2.45) is 5.73 Å². The molecule has 21 heavy (non-hydrogen) atoms. The molecule has 0 unspecified atom stereocenters. The van der Waals surface area contributed by atoms with Gasteiger partial charge in [0.05, 0.1) is 23.1 Å². The fourth-order valence-electron chi connectivity index (χ4n) is 1.67. The highest BCUT2D eigenvalue weighted by molar-refractivity contribution is 5.97. The van der Waals surface area contributed by atoms with Crippen molar-refractivity contribution in [3.8, 4) is 0 Å². The number of benzene rings is 1. The van der Waals surface area contributed by atoms with Gasteiger partial charge in [0.2, 0.25) is 11.7 Å². The summed E-state index contributed by atoms with van der Waals surface area (Å²) in [4.78, 5) is 33.5. The summed E-state index contributed by atoms with van der Waals surface area (Å²) in [6, 6.07) is 0.382. The van der Waals surface area contributed by atoms with Crippen molar-refractivity contribution in [1.82, 2.24) is 4.90 Å². The van der Waals surface area contributed by atoms with Crippen LogP contribution in [0.3, 0.4) is 0 Å². The summed E-state index contributed by atoms with van der Waals surface area (Å²) in [5, 5.41) is 10.6. The Labute approximate surface area is 118 Å². The van der Waals surface area contributed by atoms with Crippen molar-refractivity contribution in [3.63, 3.8) is 0 Å². The molecule has 0 bridgehead atoms. The number of carbonyl (C=O) groups excluding carboxylic acids is 2. The lowest BCUT2D eigenvalue weighted by molar-refractivity contribution is -0.387. The van der Waals surface area contributed by atoms with Gasteiger partial charge in [-0.25, -0.2) is 4.39 Å². The van der Waals surface area contributed by atoms with Gasteiger partial charge in [0.25, 0.3) is 5.91 Å². The lowest BCUT2D eigenvalue weighted by atomic mass is 10.1. The fourth-order valence-corrected chi connectivity index (χ4v) is 1.67. The molecule has 0 aliphatic heterocycles. The first-order valence-electron chi connectivity index (χ1n) is 5.87. The molecule has 2 amide bonds. The molecule has 2 N–H and O–H groups in total. The Morgan fingerprint density at radius 3 is 2.38 bits per heavy atom. The van der Waals surface area contributed by atoms with Crippen LogP contribution in [0.5, 0.6) is 0 Å². The normalized spacial score (nSPS) is 10.5. The summed E-state index contributed by atoms with van der Waals surface area (Å²) in [5.41, 5.74) is 3.01. The standard InChI is InChI=1S/C12H13F2N3O4/c1-6(2)16(5-10(15)18)12(19)8-3-7(13)4-9(11(8)14)17(20)21/h3-4,6H,5H2,1-2H3,(H2,15,18). The Kier molecular flexibility index (Phi) is 4.90. The number of halogens is 2. The van der Waals surface area contributed by atoms with E-state index >= 15 is 0 Å². The predicted octanol–water partition coefficient (Wildman–Crippen LogP) is 1.21. The smallest absolute Gasteiger partial charge is 0.308 e. The molecule has 1 aromatic rings. The Morgan fingerprint density at radius 2 is 1.95 bits per heavy atom. The predicted molar refractivity (Wildman–Crippen MR) is 68.4 cm³/mol. The maximum Gasteiger partial charge on any atom is 0.308 e. The molecule has 0 saturated heterocycles. The molecule has 7 nitrogen and oxygen atoms in total. The summed E-state index contributed by atoms with van der Waals surface area (Å²) < 4.78 is 27.3. The van der Waals surface area contributed by atoms with Crippen LogP contribution in [0.2, 0.25) is 0 Å². The number of hydrogen-bond acceptors (Lipinski definition) is 4. The number of nitro benzene ring substituents is 1. The van der Waals surface area contributed by atoms with Crippen LogP contribution in [-0.2, 0) is 4.79 Å². The lowest BCUT2D eigenvalue weighted by Gasteiger charge is -2.25. The van der Waals surface area contributed by atoms with Gasteiger partial charge in [0.15, 0.2) is 0 Å². The number of hydrogen-bond donors (Lipinski definition) is 1. The first kappa shape index (κ1) is 16.5. The number of nitrogens with zero attached hydrogens (tertiary/aromatic N) is 2. The van der Waals surface area contributed by atoms with Gasteiger partial charge in [0, 0.05) is 6.04 Å². The van der Waals surface area contributed by atoms with Crippen LogP contribution < -0.4 is 5.73 Å². The molecular weight excluding hydrogens is 288 g/mol. The van der Waals surface area contributed by atoms with Crippen molar-refractivity contribution in [3.05, 3.63) is 39.4 Å². The van der Waals surface area contributed by atoms with Gasteiger partial charge < -0.3 is 10.6 Å². The monoisotopic (exact) mass is 301 g/mol. The minimum absolute atomic E-state index is 0.375. The van der Waals surface area contributed by atoms with E-state index in [0.29, 0.717) is 12.1 Å². The minimum Gasteiger partial charge on any atom is -0.368 e. The van der Waals surface area contributed by atoms with E-state index in [2.05, 4.69) is 0 Å². The second kappa shape index (κ2) is 6.25. The third-order valence-electron chi connectivity index (χ3n) is 2.66. The zero-order valence-corrected chi connectivity index (χ0v) is 11.3. The Hall–Kier alpha value is -2.58. The zero-order valence-electron chi connectivity index (χ0n) is 11.3. The maximum absolute atomic E-state index is 13.9. The van der Waals surface area contributed by atoms with E-state index in [0.717, 1.165) is 4.90 Å². The van der Waals surface area contributed by atoms with Gasteiger partial charge >= 0.3 is 5.69 Å². The number of nitro groups is 1. The number of amides is 2. The Morgan fingerprint density at radius 1 is 1.38 bits per heavy atom. The van der Waals surface area contributed by atoms with Gasteiger partial charge in [-0.05, 0) is 19.9 Å². The van der Waals surface area contributed by atoms with E-state index in [1.165, 1.54) is 13.8 Å². The molecule has 114 valence electrons. The summed E-state index contributed by atoms with van der Waals surface area (Å²) in [6.07, 6.45) is 0. The first-order valence-corrected chi connectivity index (χ1v) is 5.87. The number of rotatable bonds is 5. The maximum atomic E-state index is 13.9. The Balaban J connectivity index is 3.34. The highest BCUT2D eigenvalue weighted by atomic mass is 19.1. The topological polar surface area (TPSA) is 107 Å². The third-order valence-corrected chi connectivity index (χ3v) is 2.66. The molecule has 0 saturated carbocycles. The molecule has 1 rings (SSSR count). The fraction of sp³-hybridized carbons (Fsp3) is 0.333. The average Bonchev–Trinajstić information content (AvgIpc) is 2.36. The van der Waals surface area contributed by atoms with Crippen LogP contribution in [0.25, 0.3) is 0 Å². The number of carbonyl (C=O) groups is 2. The molecule has 1 aromatic carbocycles. The van der Waals surface area contributed by atoms with Crippen molar-refractivity contribution in [2.75, 3.05) is 6.54 Å². The van der Waals surface area contributed by atoms with Crippen LogP contribution in [0.4, 0.5) is 14.5 Å². The van der Waals surface area contributed by atoms with E-state index in [-0.39, 0.29) is 0 Å². The van der Waals surface area contributed by atoms with E-state index in [1.54, 1.807) is 0 Å². The van der Waals surface area contributed by atoms with Crippen LogP contribution in [0, 0.1) is 21.7 Å². The molecule has 0 spiro atoms. The quantitative estimate of drug-likeness (QED) is 0.651. The van der Waals surface area contributed by atoms with Gasteiger partial charge in [-0.1, -0.05) is 0 Å². The number of primary amides is 1. The Bertz CT molecular complexity index is 604. The second-order valence-electron chi connectivity index (χ2n) is 4.54. The van der Waals surface area contributed by atoms with Gasteiger partial charge in [-0.3, -0.25) is 19.7 Å². The van der Waals surface area contributed by atoms with E-state index in [9.17, 15) is 28.5 Å². The molecule has 0 aliphatic carbocycles. The van der Waals surface area contributed by atoms with Gasteiger partial charge in [-0.15, -0.1) is 0 Å². The zero-order chi connectivity index (χ0) is 16.3. The number of nitrogens with two attached hydrogens (primary N) is 1. The molecule has 0 aliphatic rings. The van der Waals surface area contributed by atoms with Crippen LogP contribution in [0.1, 0.15) is 24.2 Å². The van der Waals surface area contributed by atoms with Crippen molar-refractivity contribution < 1.29 is 23.3 Å². The van der Waals surface area contributed by atoms with Crippen LogP contribution >= 0.6 is 0 Å². The SMILES string of the molecule is CC(C)N(CC(N)=O)C(=O)c1cc(F)cc([N+](=O)[O-])c1F. The van der Waals surface area contributed by atoms with E-state index in [1.807, 2.05) is 0 Å². The second-order valence-corrected chi connectivity index (χ2v) is 4.54. The lowest BCUT2D eigenvalue weighted by Crippen LogP contribution is -2.43. The molecule has 9 heteroatoms. The molecule has 0 fully saturated rings. The van der Waals surface area contributed by atoms with Crippen molar-refractivity contribution in [1.29, 1.82) is 0 Å². The van der Waals surface area contributed by atoms with Crippen molar-refractivity contribution >= 4 is 17.5 Å². The summed E-state index contributed by atoms with van der Waals surface area (Å²) in [7, 11) is 0. The molecule has 0 aromatic heterocycles. The molecule has 0 heterocycles. The summed E-state index contributed by atoms with van der Waals surface area (Å²) in [5.74, 6) is -4.48. The molecule has 0 radical (unpaired) electrons. The summed E-state index contributed by atoms with van der Waals surface area (Å²) >= 11 is 0. The highest BCUT2D eigenvalue weighted by Crippen LogP contribution is 2.24. The van der Waals surface area contributed by atoms with E-state index in [4.69, 9.17) is 5.73 Å². The van der Waals surface area contributed by atoms with Crippen LogP contribution in [0.15, 0.2) is 12.1 Å². The summed E-state index contributed by atoms with van der Waals surface area (Å²) in [6.45, 7) is 2.55. The van der Waals surface area contributed by atoms with Crippen LogP contribution in [-0.4, -0.2) is 34.2 Å². The highest BCUT2D eigenvalue weighted by Gasteiger charge is 2.29. The minimum atomic E-state index is -1.46. The first-order chi connectivity index (χ1) is 9.65.